The maximum atomic E-state index is 12.0. The molecule has 102 valence electrons. The number of para-hydroxylation sites is 1. The molecule has 0 aliphatic rings. The van der Waals surface area contributed by atoms with Gasteiger partial charge in [-0.15, -0.1) is 5.10 Å². The normalized spacial score (nSPS) is 10.8. The fourth-order valence-corrected chi connectivity index (χ4v) is 2.12. The molecule has 0 radical (unpaired) electrons. The van der Waals surface area contributed by atoms with Gasteiger partial charge in [0.25, 0.3) is 0 Å². The summed E-state index contributed by atoms with van der Waals surface area (Å²) in [6, 6.07) is 9.96. The summed E-state index contributed by atoms with van der Waals surface area (Å²) < 4.78 is 1.91. The molecule has 2 heterocycles. The van der Waals surface area contributed by atoms with Crippen LogP contribution in [-0.4, -0.2) is 25.5 Å². The molecule has 3 aromatic rings. The summed E-state index contributed by atoms with van der Waals surface area (Å²) in [5, 5.41) is 12.0. The van der Waals surface area contributed by atoms with E-state index in [0.29, 0.717) is 12.4 Å². The van der Waals surface area contributed by atoms with E-state index in [0.717, 1.165) is 10.9 Å². The number of fused-ring (bicyclic) bond motifs is 1. The Labute approximate surface area is 116 Å². The molecule has 1 N–H and O–H groups in total. The quantitative estimate of drug-likeness (QED) is 0.786. The van der Waals surface area contributed by atoms with Gasteiger partial charge in [0.2, 0.25) is 5.91 Å². The third-order valence-electron chi connectivity index (χ3n) is 3.08. The van der Waals surface area contributed by atoms with Gasteiger partial charge in [-0.25, -0.2) is 0 Å². The van der Waals surface area contributed by atoms with Crippen LogP contribution in [0.2, 0.25) is 0 Å². The lowest BCUT2D eigenvalue weighted by Gasteiger charge is -2.05. The van der Waals surface area contributed by atoms with Crippen molar-refractivity contribution >= 4 is 22.6 Å². The Morgan fingerprint density at radius 2 is 2.15 bits per heavy atom. The van der Waals surface area contributed by atoms with Crippen LogP contribution in [0.15, 0.2) is 42.7 Å². The number of nitrogens with zero attached hydrogens (tertiary/aromatic N) is 4. The third-order valence-corrected chi connectivity index (χ3v) is 3.08. The summed E-state index contributed by atoms with van der Waals surface area (Å²) in [6.07, 6.45) is 3.46. The molecule has 0 spiro atoms. The molecule has 20 heavy (non-hydrogen) atoms. The molecule has 0 unspecified atom stereocenters. The second kappa shape index (κ2) is 5.16. The molecule has 2 aromatic heterocycles. The average Bonchev–Trinajstić information content (AvgIpc) is 3.06. The van der Waals surface area contributed by atoms with E-state index in [1.807, 2.05) is 48.0 Å². The highest BCUT2D eigenvalue weighted by Crippen LogP contribution is 2.14. The highest BCUT2D eigenvalue weighted by molar-refractivity contribution is 5.91. The van der Waals surface area contributed by atoms with E-state index >= 15 is 0 Å². The largest absolute Gasteiger partial charge is 0.338 e. The number of nitrogens with one attached hydrogen (secondary N) is 1. The van der Waals surface area contributed by atoms with Crippen molar-refractivity contribution in [3.05, 3.63) is 42.7 Å². The van der Waals surface area contributed by atoms with Crippen molar-refractivity contribution < 1.29 is 4.79 Å². The van der Waals surface area contributed by atoms with Crippen molar-refractivity contribution in [2.75, 3.05) is 5.32 Å². The molecule has 0 saturated carbocycles. The van der Waals surface area contributed by atoms with E-state index < -0.39 is 0 Å². The molecule has 1 aromatic carbocycles. The lowest BCUT2D eigenvalue weighted by Crippen LogP contribution is -2.18. The van der Waals surface area contributed by atoms with Crippen LogP contribution in [-0.2, 0) is 17.9 Å². The minimum absolute atomic E-state index is 0.116. The Bertz CT molecular complexity index is 743. The van der Waals surface area contributed by atoms with Crippen molar-refractivity contribution in [2.45, 2.75) is 20.0 Å². The van der Waals surface area contributed by atoms with Crippen LogP contribution in [0.25, 0.3) is 10.9 Å². The van der Waals surface area contributed by atoms with Crippen LogP contribution >= 0.6 is 0 Å². The van der Waals surface area contributed by atoms with Crippen LogP contribution in [0, 0.1) is 0 Å². The number of hydrogen-bond acceptors (Lipinski definition) is 3. The van der Waals surface area contributed by atoms with Crippen LogP contribution in [0.3, 0.4) is 0 Å². The summed E-state index contributed by atoms with van der Waals surface area (Å²) in [4.78, 5) is 13.5. The van der Waals surface area contributed by atoms with Gasteiger partial charge in [-0.05, 0) is 24.4 Å². The first-order valence-electron chi connectivity index (χ1n) is 6.50. The predicted molar refractivity (Wildman–Crippen MR) is 76.3 cm³/mol. The van der Waals surface area contributed by atoms with Gasteiger partial charge in [0, 0.05) is 11.7 Å². The summed E-state index contributed by atoms with van der Waals surface area (Å²) >= 11 is 0. The number of amides is 1. The minimum atomic E-state index is -0.116. The van der Waals surface area contributed by atoms with Crippen LogP contribution in [0.1, 0.15) is 6.92 Å². The first kappa shape index (κ1) is 12.4. The van der Waals surface area contributed by atoms with E-state index in [-0.39, 0.29) is 12.5 Å². The van der Waals surface area contributed by atoms with Gasteiger partial charge in [0.15, 0.2) is 5.82 Å². The summed E-state index contributed by atoms with van der Waals surface area (Å²) in [6.45, 7) is 2.88. The van der Waals surface area contributed by atoms with Crippen molar-refractivity contribution in [3.8, 4) is 0 Å². The molecule has 6 heteroatoms. The maximum absolute atomic E-state index is 12.0. The lowest BCUT2D eigenvalue weighted by molar-refractivity contribution is -0.116. The second-order valence-corrected chi connectivity index (χ2v) is 4.47. The Balaban J connectivity index is 1.72. The molecule has 0 atom stereocenters. The predicted octanol–water partition coefficient (Wildman–Crippen LogP) is 1.89. The lowest BCUT2D eigenvalue weighted by atomic mass is 10.2. The molecule has 0 bridgehead atoms. The van der Waals surface area contributed by atoms with Gasteiger partial charge < -0.3 is 9.88 Å². The van der Waals surface area contributed by atoms with E-state index in [2.05, 4.69) is 15.5 Å². The monoisotopic (exact) mass is 269 g/mol. The van der Waals surface area contributed by atoms with Crippen LogP contribution in [0.4, 0.5) is 5.82 Å². The first-order valence-corrected chi connectivity index (χ1v) is 6.50. The zero-order valence-corrected chi connectivity index (χ0v) is 11.2. The number of carbonyl (C=O) groups excluding carboxylic acids is 1. The first-order chi connectivity index (χ1) is 9.76. The molecule has 0 aliphatic heterocycles. The zero-order valence-electron chi connectivity index (χ0n) is 11.2. The number of aromatic nitrogens is 4. The molecular formula is C14H15N5O. The fourth-order valence-electron chi connectivity index (χ4n) is 2.12. The fraction of sp³-hybridized carbons (Fsp3) is 0.214. The average molecular weight is 269 g/mol. The van der Waals surface area contributed by atoms with E-state index in [1.165, 1.54) is 4.80 Å². The topological polar surface area (TPSA) is 64.7 Å². The SMILES string of the molecule is CCn1ncc(NC(=O)Cn2ccc3ccccc32)n1. The Hall–Kier alpha value is -2.63. The molecular weight excluding hydrogens is 254 g/mol. The van der Waals surface area contributed by atoms with Crippen molar-refractivity contribution in [1.82, 2.24) is 19.6 Å². The van der Waals surface area contributed by atoms with E-state index in [9.17, 15) is 4.79 Å². The van der Waals surface area contributed by atoms with Gasteiger partial charge >= 0.3 is 0 Å². The minimum Gasteiger partial charge on any atom is -0.338 e. The number of anilines is 1. The Kier molecular flexibility index (Phi) is 3.20. The van der Waals surface area contributed by atoms with Gasteiger partial charge in [-0.3, -0.25) is 4.79 Å². The molecule has 6 nitrogen and oxygen atoms in total. The highest BCUT2D eigenvalue weighted by atomic mass is 16.2. The van der Waals surface area contributed by atoms with E-state index in [4.69, 9.17) is 0 Å². The summed E-state index contributed by atoms with van der Waals surface area (Å²) in [5.74, 6) is 0.364. The molecule has 0 saturated heterocycles. The van der Waals surface area contributed by atoms with Crippen molar-refractivity contribution in [2.24, 2.45) is 0 Å². The summed E-state index contributed by atoms with van der Waals surface area (Å²) in [5.41, 5.74) is 1.04. The maximum Gasteiger partial charge on any atom is 0.245 e. The second-order valence-electron chi connectivity index (χ2n) is 4.47. The zero-order chi connectivity index (χ0) is 13.9. The standard InChI is InChI=1S/C14H15N5O/c1-2-19-15-9-13(17-19)16-14(20)10-18-8-7-11-5-3-4-6-12(11)18/h3-9H,2,10H2,1H3,(H,16,17,20). The smallest absolute Gasteiger partial charge is 0.245 e. The highest BCUT2D eigenvalue weighted by Gasteiger charge is 2.08. The summed E-state index contributed by atoms with van der Waals surface area (Å²) in [7, 11) is 0. The molecule has 1 amide bonds. The Morgan fingerprint density at radius 1 is 1.30 bits per heavy atom. The molecule has 0 aliphatic carbocycles. The van der Waals surface area contributed by atoms with Gasteiger partial charge in [-0.1, -0.05) is 18.2 Å². The van der Waals surface area contributed by atoms with Gasteiger partial charge in [0.1, 0.15) is 6.54 Å². The van der Waals surface area contributed by atoms with Crippen molar-refractivity contribution in [1.29, 1.82) is 0 Å². The Morgan fingerprint density at radius 3 is 2.95 bits per heavy atom. The number of benzene rings is 1. The number of aryl methyl sites for hydroxylation is 1. The van der Waals surface area contributed by atoms with Crippen LogP contribution < -0.4 is 5.32 Å². The third kappa shape index (κ3) is 2.40. The number of rotatable bonds is 4. The number of hydrogen-bond donors (Lipinski definition) is 1. The van der Waals surface area contributed by atoms with Crippen molar-refractivity contribution in [3.63, 3.8) is 0 Å². The van der Waals surface area contributed by atoms with Crippen LogP contribution in [0.5, 0.6) is 0 Å². The molecule has 0 fully saturated rings. The van der Waals surface area contributed by atoms with Gasteiger partial charge in [0.05, 0.1) is 12.7 Å². The van der Waals surface area contributed by atoms with Gasteiger partial charge in [-0.2, -0.15) is 9.90 Å². The number of carbonyl (C=O) groups is 1. The van der Waals surface area contributed by atoms with E-state index in [1.54, 1.807) is 6.20 Å². The molecule has 3 rings (SSSR count).